The van der Waals surface area contributed by atoms with Gasteiger partial charge in [-0.2, -0.15) is 0 Å². The van der Waals surface area contributed by atoms with Crippen LogP contribution in [0.4, 0.5) is 0 Å². The molecule has 0 amide bonds. The van der Waals surface area contributed by atoms with Crippen molar-refractivity contribution in [1.82, 2.24) is 0 Å². The van der Waals surface area contributed by atoms with E-state index in [0.717, 1.165) is 11.3 Å². The zero-order chi connectivity index (χ0) is 13.7. The third-order valence-electron chi connectivity index (χ3n) is 2.97. The van der Waals surface area contributed by atoms with E-state index in [9.17, 15) is 4.79 Å². The first-order chi connectivity index (χ1) is 8.45. The van der Waals surface area contributed by atoms with Crippen LogP contribution in [0.1, 0.15) is 52.5 Å². The molecule has 0 aromatic heterocycles. The second-order valence-corrected chi connectivity index (χ2v) is 5.28. The van der Waals surface area contributed by atoms with Gasteiger partial charge in [-0.3, -0.25) is 4.79 Å². The van der Waals surface area contributed by atoms with Gasteiger partial charge in [-0.15, -0.1) is 0 Å². The van der Waals surface area contributed by atoms with Crippen LogP contribution < -0.4 is 4.74 Å². The summed E-state index contributed by atoms with van der Waals surface area (Å²) in [5.41, 5.74) is 1.09. The van der Waals surface area contributed by atoms with Gasteiger partial charge < -0.3 is 4.74 Å². The first-order valence-electron chi connectivity index (χ1n) is 6.75. The van der Waals surface area contributed by atoms with Crippen LogP contribution in [0.3, 0.4) is 0 Å². The van der Waals surface area contributed by atoms with Crippen molar-refractivity contribution in [1.29, 1.82) is 0 Å². The monoisotopic (exact) mass is 248 g/mol. The van der Waals surface area contributed by atoms with Crippen molar-refractivity contribution in [2.24, 2.45) is 5.92 Å². The number of carbonyl (C=O) groups excluding carboxylic acids is 1. The maximum Gasteiger partial charge on any atom is 0.140 e. The molecule has 0 bridgehead atoms. The summed E-state index contributed by atoms with van der Waals surface area (Å²) in [6, 6.07) is 7.92. The van der Waals surface area contributed by atoms with E-state index in [-0.39, 0.29) is 12.0 Å². The van der Waals surface area contributed by atoms with Crippen LogP contribution in [0, 0.1) is 5.92 Å². The Labute approximate surface area is 110 Å². The molecule has 0 spiro atoms. The van der Waals surface area contributed by atoms with Crippen LogP contribution in [-0.2, 0) is 4.79 Å². The van der Waals surface area contributed by atoms with Gasteiger partial charge in [0.15, 0.2) is 0 Å². The number of ether oxygens (including phenoxy) is 1. The molecule has 0 fully saturated rings. The van der Waals surface area contributed by atoms with Crippen molar-refractivity contribution in [2.45, 2.75) is 53.1 Å². The van der Waals surface area contributed by atoms with Crippen LogP contribution >= 0.6 is 0 Å². The average Bonchev–Trinajstić information content (AvgIpc) is 2.30. The van der Waals surface area contributed by atoms with Gasteiger partial charge in [0.05, 0.1) is 6.10 Å². The molecule has 0 aliphatic rings. The number of benzene rings is 1. The van der Waals surface area contributed by atoms with Crippen LogP contribution in [0.25, 0.3) is 0 Å². The second kappa shape index (κ2) is 6.58. The quantitative estimate of drug-likeness (QED) is 0.754. The van der Waals surface area contributed by atoms with Crippen molar-refractivity contribution in [3.63, 3.8) is 0 Å². The van der Waals surface area contributed by atoms with Gasteiger partial charge in [-0.1, -0.05) is 32.9 Å². The molecule has 0 saturated carbocycles. The predicted molar refractivity (Wildman–Crippen MR) is 75.1 cm³/mol. The standard InChI is InChI=1S/C16H24O2/c1-6-15(17)16(11(2)3)13-7-9-14(10-8-13)18-12(4)5/h7-12,16H,6H2,1-5H3. The minimum Gasteiger partial charge on any atom is -0.491 e. The molecule has 2 nitrogen and oxygen atoms in total. The molecule has 0 N–H and O–H groups in total. The Morgan fingerprint density at radius 2 is 1.67 bits per heavy atom. The van der Waals surface area contributed by atoms with E-state index in [0.29, 0.717) is 18.1 Å². The number of carbonyl (C=O) groups is 1. The van der Waals surface area contributed by atoms with Crippen molar-refractivity contribution in [2.75, 3.05) is 0 Å². The van der Waals surface area contributed by atoms with Crippen LogP contribution in [0.15, 0.2) is 24.3 Å². The van der Waals surface area contributed by atoms with Gasteiger partial charge in [0.25, 0.3) is 0 Å². The van der Waals surface area contributed by atoms with E-state index in [1.807, 2.05) is 45.0 Å². The molecule has 0 radical (unpaired) electrons. The summed E-state index contributed by atoms with van der Waals surface area (Å²) in [7, 11) is 0. The van der Waals surface area contributed by atoms with Gasteiger partial charge >= 0.3 is 0 Å². The van der Waals surface area contributed by atoms with Crippen LogP contribution in [-0.4, -0.2) is 11.9 Å². The van der Waals surface area contributed by atoms with E-state index in [1.54, 1.807) is 0 Å². The van der Waals surface area contributed by atoms with E-state index >= 15 is 0 Å². The van der Waals surface area contributed by atoms with Gasteiger partial charge in [0.1, 0.15) is 11.5 Å². The lowest BCUT2D eigenvalue weighted by molar-refractivity contribution is -0.121. The minimum absolute atomic E-state index is 0.00287. The molecular formula is C16H24O2. The van der Waals surface area contributed by atoms with Gasteiger partial charge in [-0.25, -0.2) is 0 Å². The van der Waals surface area contributed by atoms with Crippen molar-refractivity contribution < 1.29 is 9.53 Å². The molecule has 1 rings (SSSR count). The molecule has 0 heterocycles. The van der Waals surface area contributed by atoms with Crippen LogP contribution in [0.2, 0.25) is 0 Å². The fourth-order valence-corrected chi connectivity index (χ4v) is 2.19. The highest BCUT2D eigenvalue weighted by Gasteiger charge is 2.22. The summed E-state index contributed by atoms with van der Waals surface area (Å²) in [4.78, 5) is 12.0. The highest BCUT2D eigenvalue weighted by molar-refractivity contribution is 5.85. The zero-order valence-corrected chi connectivity index (χ0v) is 12.1. The summed E-state index contributed by atoms with van der Waals surface area (Å²) >= 11 is 0. The Morgan fingerprint density at radius 3 is 2.06 bits per heavy atom. The molecular weight excluding hydrogens is 224 g/mol. The van der Waals surface area contributed by atoms with E-state index in [2.05, 4.69) is 13.8 Å². The Bertz CT molecular complexity index is 377. The number of hydrogen-bond donors (Lipinski definition) is 0. The average molecular weight is 248 g/mol. The Kier molecular flexibility index (Phi) is 5.39. The topological polar surface area (TPSA) is 26.3 Å². The Balaban J connectivity index is 2.90. The Hall–Kier alpha value is -1.31. The van der Waals surface area contributed by atoms with E-state index in [1.165, 1.54) is 0 Å². The van der Waals surface area contributed by atoms with Crippen molar-refractivity contribution in [3.8, 4) is 5.75 Å². The minimum atomic E-state index is 0.00287. The summed E-state index contributed by atoms with van der Waals surface area (Å²) in [5.74, 6) is 1.50. The molecule has 1 atom stereocenters. The molecule has 1 aromatic rings. The molecule has 2 heteroatoms. The second-order valence-electron chi connectivity index (χ2n) is 5.28. The summed E-state index contributed by atoms with van der Waals surface area (Å²) in [5, 5.41) is 0. The third-order valence-corrected chi connectivity index (χ3v) is 2.97. The number of Topliss-reactive ketones (excluding diaryl/α,β-unsaturated/α-hetero) is 1. The molecule has 1 unspecified atom stereocenters. The van der Waals surface area contributed by atoms with Crippen molar-refractivity contribution >= 4 is 5.78 Å². The molecule has 0 saturated heterocycles. The molecule has 1 aromatic carbocycles. The van der Waals surface area contributed by atoms with Gasteiger partial charge in [-0.05, 0) is 37.5 Å². The fourth-order valence-electron chi connectivity index (χ4n) is 2.19. The highest BCUT2D eigenvalue weighted by Crippen LogP contribution is 2.28. The summed E-state index contributed by atoms with van der Waals surface area (Å²) in [6.45, 7) is 10.1. The lowest BCUT2D eigenvalue weighted by Crippen LogP contribution is -2.17. The van der Waals surface area contributed by atoms with Gasteiger partial charge in [0, 0.05) is 12.3 Å². The molecule has 18 heavy (non-hydrogen) atoms. The third kappa shape index (κ3) is 3.86. The lowest BCUT2D eigenvalue weighted by atomic mass is 9.84. The first-order valence-corrected chi connectivity index (χ1v) is 6.75. The highest BCUT2D eigenvalue weighted by atomic mass is 16.5. The van der Waals surface area contributed by atoms with Gasteiger partial charge in [0.2, 0.25) is 0 Å². The largest absolute Gasteiger partial charge is 0.491 e. The molecule has 0 aliphatic carbocycles. The van der Waals surface area contributed by atoms with E-state index < -0.39 is 0 Å². The normalized spacial score (nSPS) is 12.8. The summed E-state index contributed by atoms with van der Waals surface area (Å²) < 4.78 is 5.61. The summed E-state index contributed by atoms with van der Waals surface area (Å²) in [6.07, 6.45) is 0.765. The number of ketones is 1. The molecule has 100 valence electrons. The number of hydrogen-bond acceptors (Lipinski definition) is 2. The van der Waals surface area contributed by atoms with Crippen molar-refractivity contribution in [3.05, 3.63) is 29.8 Å². The predicted octanol–water partition coefficient (Wildman–Crippen LogP) is 4.19. The molecule has 0 aliphatic heterocycles. The van der Waals surface area contributed by atoms with Crippen LogP contribution in [0.5, 0.6) is 5.75 Å². The zero-order valence-electron chi connectivity index (χ0n) is 12.1. The number of rotatable bonds is 6. The smallest absolute Gasteiger partial charge is 0.140 e. The first kappa shape index (κ1) is 14.7. The SMILES string of the molecule is CCC(=O)C(c1ccc(OC(C)C)cc1)C(C)C. The maximum absolute atomic E-state index is 12.0. The fraction of sp³-hybridized carbons (Fsp3) is 0.562. The van der Waals surface area contributed by atoms with E-state index in [4.69, 9.17) is 4.74 Å². The Morgan fingerprint density at radius 1 is 1.11 bits per heavy atom. The maximum atomic E-state index is 12.0. The lowest BCUT2D eigenvalue weighted by Gasteiger charge is -2.20.